The molecule has 0 N–H and O–H groups in total. The molecule has 0 amide bonds. The van der Waals surface area contributed by atoms with Crippen molar-refractivity contribution >= 4 is 43.6 Å². The summed E-state index contributed by atoms with van der Waals surface area (Å²) in [5, 5.41) is 8.80. The number of halogens is 2. The molecule has 3 rings (SSSR count). The number of hydrogen-bond donors (Lipinski definition) is 0. The van der Waals surface area contributed by atoms with Gasteiger partial charge in [0.2, 0.25) is 5.89 Å². The second-order valence-electron chi connectivity index (χ2n) is 4.68. The van der Waals surface area contributed by atoms with Crippen molar-refractivity contribution in [1.82, 2.24) is 10.2 Å². The molecule has 0 aliphatic carbocycles. The minimum atomic E-state index is 0.607. The van der Waals surface area contributed by atoms with Crippen molar-refractivity contribution in [2.75, 3.05) is 0 Å². The summed E-state index contributed by atoms with van der Waals surface area (Å²) in [6.07, 6.45) is 0.652. The van der Waals surface area contributed by atoms with E-state index in [1.165, 1.54) is 5.56 Å². The number of rotatable bonds is 5. The maximum Gasteiger partial charge on any atom is 0.276 e. The molecule has 0 saturated heterocycles. The summed E-state index contributed by atoms with van der Waals surface area (Å²) in [4.78, 5) is 0. The molecule has 0 fully saturated rings. The highest BCUT2D eigenvalue weighted by Crippen LogP contribution is 2.23. The van der Waals surface area contributed by atoms with Crippen LogP contribution >= 0.6 is 43.6 Å². The van der Waals surface area contributed by atoms with E-state index in [2.05, 4.69) is 54.2 Å². The van der Waals surface area contributed by atoms with Gasteiger partial charge in [-0.3, -0.25) is 0 Å². The summed E-state index contributed by atoms with van der Waals surface area (Å²) in [5.41, 5.74) is 2.37. The van der Waals surface area contributed by atoms with Crippen molar-refractivity contribution in [3.05, 3.63) is 74.5 Å². The van der Waals surface area contributed by atoms with Gasteiger partial charge in [0.15, 0.2) is 0 Å². The lowest BCUT2D eigenvalue weighted by molar-refractivity contribution is 0.420. The van der Waals surface area contributed by atoms with Gasteiger partial charge in [-0.15, -0.1) is 10.2 Å². The van der Waals surface area contributed by atoms with E-state index in [9.17, 15) is 0 Å². The average molecular weight is 440 g/mol. The molecule has 3 nitrogen and oxygen atoms in total. The van der Waals surface area contributed by atoms with Crippen molar-refractivity contribution in [2.24, 2.45) is 0 Å². The zero-order chi connectivity index (χ0) is 15.4. The predicted molar refractivity (Wildman–Crippen MR) is 94.9 cm³/mol. The number of hydrogen-bond acceptors (Lipinski definition) is 4. The highest BCUT2D eigenvalue weighted by Gasteiger charge is 2.08. The van der Waals surface area contributed by atoms with Crippen molar-refractivity contribution in [2.45, 2.75) is 17.4 Å². The van der Waals surface area contributed by atoms with E-state index in [0.29, 0.717) is 17.5 Å². The van der Waals surface area contributed by atoms with Crippen LogP contribution in [0.1, 0.15) is 17.0 Å². The third-order valence-corrected chi connectivity index (χ3v) is 4.94. The van der Waals surface area contributed by atoms with Crippen LogP contribution in [0.2, 0.25) is 0 Å². The molecule has 0 aliphatic heterocycles. The Bertz CT molecular complexity index is 742. The molecule has 0 unspecified atom stereocenters. The van der Waals surface area contributed by atoms with E-state index in [-0.39, 0.29) is 0 Å². The molecule has 0 bridgehead atoms. The van der Waals surface area contributed by atoms with E-state index in [0.717, 1.165) is 20.3 Å². The fraction of sp³-hybridized carbons (Fsp3) is 0.125. The van der Waals surface area contributed by atoms with Gasteiger partial charge in [0.05, 0.1) is 6.42 Å². The molecule has 0 aliphatic rings. The molecule has 1 heterocycles. The Hall–Kier alpha value is -1.11. The highest BCUT2D eigenvalue weighted by molar-refractivity contribution is 9.10. The van der Waals surface area contributed by atoms with Crippen LogP contribution in [-0.4, -0.2) is 10.2 Å². The number of aromatic nitrogens is 2. The van der Waals surface area contributed by atoms with Crippen molar-refractivity contribution in [1.29, 1.82) is 0 Å². The third kappa shape index (κ3) is 4.44. The van der Waals surface area contributed by atoms with Crippen LogP contribution < -0.4 is 0 Å². The first-order chi connectivity index (χ1) is 10.7. The van der Waals surface area contributed by atoms with Crippen LogP contribution in [0.4, 0.5) is 0 Å². The summed E-state index contributed by atoms with van der Waals surface area (Å²) in [6.45, 7) is 0. The van der Waals surface area contributed by atoms with Gasteiger partial charge < -0.3 is 4.42 Å². The van der Waals surface area contributed by atoms with Crippen LogP contribution in [0.25, 0.3) is 0 Å². The topological polar surface area (TPSA) is 38.9 Å². The number of benzene rings is 2. The first-order valence-electron chi connectivity index (χ1n) is 6.63. The van der Waals surface area contributed by atoms with E-state index in [4.69, 9.17) is 4.42 Å². The largest absolute Gasteiger partial charge is 0.416 e. The quantitative estimate of drug-likeness (QED) is 0.493. The molecular weight excluding hydrogens is 428 g/mol. The summed E-state index contributed by atoms with van der Waals surface area (Å²) < 4.78 is 7.83. The van der Waals surface area contributed by atoms with Crippen molar-refractivity contribution < 1.29 is 4.42 Å². The smallest absolute Gasteiger partial charge is 0.276 e. The average Bonchev–Trinajstić information content (AvgIpc) is 2.97. The number of nitrogens with zero attached hydrogens (tertiary/aromatic N) is 2. The van der Waals surface area contributed by atoms with Gasteiger partial charge in [-0.25, -0.2) is 0 Å². The fourth-order valence-corrected chi connectivity index (χ4v) is 3.14. The Balaban J connectivity index is 1.59. The first kappa shape index (κ1) is 15.8. The lowest BCUT2D eigenvalue weighted by Gasteiger charge is -1.98. The molecule has 1 aromatic heterocycles. The van der Waals surface area contributed by atoms with Crippen LogP contribution in [0.3, 0.4) is 0 Å². The fourth-order valence-electron chi connectivity index (χ4n) is 1.87. The molecule has 0 atom stereocenters. The summed E-state index contributed by atoms with van der Waals surface area (Å²) in [6, 6.07) is 16.3. The lowest BCUT2D eigenvalue weighted by Crippen LogP contribution is -1.87. The van der Waals surface area contributed by atoms with Gasteiger partial charge in [-0.1, -0.05) is 67.9 Å². The van der Waals surface area contributed by atoms with Crippen LogP contribution in [-0.2, 0) is 12.2 Å². The van der Waals surface area contributed by atoms with Crippen LogP contribution in [0.5, 0.6) is 0 Å². The Morgan fingerprint density at radius 2 is 1.41 bits per heavy atom. The summed E-state index contributed by atoms with van der Waals surface area (Å²) >= 11 is 8.40. The highest BCUT2D eigenvalue weighted by atomic mass is 79.9. The molecule has 0 spiro atoms. The molecule has 112 valence electrons. The van der Waals surface area contributed by atoms with Crippen molar-refractivity contribution in [3.8, 4) is 0 Å². The van der Waals surface area contributed by atoms with Gasteiger partial charge in [-0.2, -0.15) is 0 Å². The molecule has 0 radical (unpaired) electrons. The molecule has 6 heteroatoms. The van der Waals surface area contributed by atoms with Gasteiger partial charge in [0.1, 0.15) is 0 Å². The minimum absolute atomic E-state index is 0.607. The standard InChI is InChI=1S/C16H12Br2N2OS/c17-13-5-1-11(2-6-13)9-15-19-20-16(21-15)22-10-12-3-7-14(18)8-4-12/h1-8H,9-10H2. The summed E-state index contributed by atoms with van der Waals surface area (Å²) in [5.74, 6) is 1.45. The van der Waals surface area contributed by atoms with E-state index in [1.807, 2.05) is 36.4 Å². The lowest BCUT2D eigenvalue weighted by atomic mass is 10.2. The molecule has 0 saturated carbocycles. The molecule has 22 heavy (non-hydrogen) atoms. The molecular formula is C16H12Br2N2OS. The summed E-state index contributed by atoms with van der Waals surface area (Å²) in [7, 11) is 0. The Morgan fingerprint density at radius 1 is 0.818 bits per heavy atom. The van der Waals surface area contributed by atoms with Gasteiger partial charge in [-0.05, 0) is 35.4 Å². The van der Waals surface area contributed by atoms with E-state index >= 15 is 0 Å². The van der Waals surface area contributed by atoms with E-state index < -0.39 is 0 Å². The second kappa shape index (κ2) is 7.44. The van der Waals surface area contributed by atoms with Crippen LogP contribution in [0.15, 0.2) is 67.1 Å². The normalized spacial score (nSPS) is 10.8. The molecule has 2 aromatic carbocycles. The third-order valence-electron chi connectivity index (χ3n) is 2.99. The van der Waals surface area contributed by atoms with E-state index in [1.54, 1.807) is 11.8 Å². The Morgan fingerprint density at radius 3 is 2.05 bits per heavy atom. The predicted octanol–water partition coefficient (Wildman–Crippen LogP) is 5.48. The van der Waals surface area contributed by atoms with Crippen LogP contribution in [0, 0.1) is 0 Å². The second-order valence-corrected chi connectivity index (χ2v) is 7.44. The van der Waals surface area contributed by atoms with Gasteiger partial charge in [0, 0.05) is 14.7 Å². The monoisotopic (exact) mass is 438 g/mol. The SMILES string of the molecule is Brc1ccc(CSc2nnc(Cc3ccc(Br)cc3)o2)cc1. The van der Waals surface area contributed by atoms with Gasteiger partial charge in [0.25, 0.3) is 5.22 Å². The van der Waals surface area contributed by atoms with Crippen molar-refractivity contribution in [3.63, 3.8) is 0 Å². The minimum Gasteiger partial charge on any atom is -0.416 e. The van der Waals surface area contributed by atoms with Gasteiger partial charge >= 0.3 is 0 Å². The Kier molecular flexibility index (Phi) is 5.33. The maximum absolute atomic E-state index is 5.68. The first-order valence-corrected chi connectivity index (χ1v) is 9.20. The molecule has 3 aromatic rings. The number of thioether (sulfide) groups is 1. The zero-order valence-corrected chi connectivity index (χ0v) is 15.5. The zero-order valence-electron chi connectivity index (χ0n) is 11.5. The Labute approximate surface area is 149 Å². The maximum atomic E-state index is 5.68.